The fraction of sp³-hybridized carbons (Fsp3) is 0.800. The molecule has 0 aromatic rings. The first-order chi connectivity index (χ1) is 12.2. The van der Waals surface area contributed by atoms with Gasteiger partial charge in [0.15, 0.2) is 5.78 Å². The quantitative estimate of drug-likeness (QED) is 0.689. The maximum atomic E-state index is 13.0. The van der Waals surface area contributed by atoms with Gasteiger partial charge in [-0.05, 0) is 30.6 Å². The van der Waals surface area contributed by atoms with Crippen LogP contribution in [0, 0.1) is 23.2 Å². The van der Waals surface area contributed by atoms with Gasteiger partial charge in [0, 0.05) is 31.3 Å². The van der Waals surface area contributed by atoms with Crippen molar-refractivity contribution in [2.75, 3.05) is 6.61 Å². The van der Waals surface area contributed by atoms with Gasteiger partial charge in [0.2, 0.25) is 0 Å². The van der Waals surface area contributed by atoms with E-state index < -0.39 is 29.1 Å². The van der Waals surface area contributed by atoms with Gasteiger partial charge in [-0.2, -0.15) is 0 Å². The van der Waals surface area contributed by atoms with Crippen molar-refractivity contribution in [3.8, 4) is 0 Å². The molecule has 0 saturated heterocycles. The van der Waals surface area contributed by atoms with E-state index in [1.807, 2.05) is 13.8 Å². The first-order valence-electron chi connectivity index (χ1n) is 9.63. The van der Waals surface area contributed by atoms with E-state index in [2.05, 4.69) is 0 Å². The third-order valence-electron chi connectivity index (χ3n) is 7.34. The summed E-state index contributed by atoms with van der Waals surface area (Å²) >= 11 is 0. The summed E-state index contributed by atoms with van der Waals surface area (Å²) in [4.78, 5) is 24.6. The average molecular weight is 364 g/mol. The zero-order chi connectivity index (χ0) is 18.9. The maximum absolute atomic E-state index is 13.0. The summed E-state index contributed by atoms with van der Waals surface area (Å²) in [6.07, 6.45) is 1.43. The lowest BCUT2D eigenvalue weighted by molar-refractivity contribution is -0.266. The maximum Gasteiger partial charge on any atom is 0.302 e. The molecule has 4 rings (SSSR count). The monoisotopic (exact) mass is 364 g/mol. The van der Waals surface area contributed by atoms with Crippen molar-refractivity contribution in [2.45, 2.75) is 70.7 Å². The van der Waals surface area contributed by atoms with Gasteiger partial charge in [0.1, 0.15) is 17.5 Å². The molecule has 0 spiro atoms. The van der Waals surface area contributed by atoms with Gasteiger partial charge < -0.3 is 19.7 Å². The van der Waals surface area contributed by atoms with E-state index in [1.165, 1.54) is 6.92 Å². The fourth-order valence-electron chi connectivity index (χ4n) is 5.95. The predicted molar refractivity (Wildman–Crippen MR) is 91.8 cm³/mol. The van der Waals surface area contributed by atoms with E-state index in [0.717, 1.165) is 5.76 Å². The highest BCUT2D eigenvalue weighted by Crippen LogP contribution is 2.59. The molecule has 2 N–H and O–H groups in total. The van der Waals surface area contributed by atoms with Gasteiger partial charge in [-0.3, -0.25) is 9.59 Å². The van der Waals surface area contributed by atoms with Gasteiger partial charge in [0.05, 0.1) is 18.6 Å². The average Bonchev–Trinajstić information content (AvgIpc) is 3.02. The largest absolute Gasteiger partial charge is 0.497 e. The van der Waals surface area contributed by atoms with E-state index in [4.69, 9.17) is 9.47 Å². The number of aliphatic hydroxyl groups excluding tert-OH is 1. The van der Waals surface area contributed by atoms with Crippen LogP contribution in [-0.2, 0) is 19.1 Å². The van der Waals surface area contributed by atoms with Crippen molar-refractivity contribution in [1.29, 1.82) is 0 Å². The summed E-state index contributed by atoms with van der Waals surface area (Å²) in [6.45, 7) is 5.75. The molecule has 0 aromatic heterocycles. The summed E-state index contributed by atoms with van der Waals surface area (Å²) in [6, 6.07) is 0. The normalized spacial score (nSPS) is 43.9. The lowest BCUT2D eigenvalue weighted by Crippen LogP contribution is -2.71. The van der Waals surface area contributed by atoms with Gasteiger partial charge in [0.25, 0.3) is 0 Å². The molecule has 4 aliphatic rings. The summed E-state index contributed by atoms with van der Waals surface area (Å²) in [5.41, 5.74) is -1.34. The predicted octanol–water partition coefficient (Wildman–Crippen LogP) is 1.73. The molecule has 1 aliphatic heterocycles. The standard InChI is InChI=1S/C20H28O6/c1-10(21)26-14-4-6-19(2,3)20(24)13(14)8-11-9-15-12(5-7-25-15)17(22)16(11)18(20)23/h11,13-14,16,18,23-24H,4-9H2,1-3H3/t11-,13-,14-,16+,18-,20-/m0/s1. The molecule has 6 heteroatoms. The number of esters is 1. The second kappa shape index (κ2) is 5.80. The minimum Gasteiger partial charge on any atom is -0.497 e. The number of aliphatic hydroxyl groups is 2. The number of ketones is 1. The zero-order valence-electron chi connectivity index (χ0n) is 15.7. The highest BCUT2D eigenvalue weighted by atomic mass is 16.5. The van der Waals surface area contributed by atoms with E-state index in [1.54, 1.807) is 0 Å². The lowest BCUT2D eigenvalue weighted by atomic mass is 9.48. The first-order valence-corrected chi connectivity index (χ1v) is 9.63. The van der Waals surface area contributed by atoms with Crippen molar-refractivity contribution in [2.24, 2.45) is 23.2 Å². The second-order valence-corrected chi connectivity index (χ2v) is 9.04. The van der Waals surface area contributed by atoms with Crippen LogP contribution in [0.3, 0.4) is 0 Å². The van der Waals surface area contributed by atoms with Crippen LogP contribution in [0.25, 0.3) is 0 Å². The molecule has 0 amide bonds. The van der Waals surface area contributed by atoms with Crippen molar-refractivity contribution >= 4 is 11.8 Å². The van der Waals surface area contributed by atoms with Gasteiger partial charge in [-0.25, -0.2) is 0 Å². The molecule has 2 saturated carbocycles. The zero-order valence-corrected chi connectivity index (χ0v) is 15.7. The van der Waals surface area contributed by atoms with Crippen LogP contribution in [0.2, 0.25) is 0 Å². The fourth-order valence-corrected chi connectivity index (χ4v) is 5.95. The summed E-state index contributed by atoms with van der Waals surface area (Å²) in [7, 11) is 0. The molecule has 3 aliphatic carbocycles. The smallest absolute Gasteiger partial charge is 0.302 e. The number of carbonyl (C=O) groups excluding carboxylic acids is 2. The Hall–Kier alpha value is -1.40. The SMILES string of the molecule is CC(=O)O[C@H]1CCC(C)(C)[C@@]2(O)[C@@H](O)[C@H]3C(=O)C4=C(C[C@@H]3C[C@@H]12)OCC4. The Morgan fingerprint density at radius 2 is 2.08 bits per heavy atom. The molecule has 144 valence electrons. The topological polar surface area (TPSA) is 93.1 Å². The van der Waals surface area contributed by atoms with Crippen molar-refractivity contribution in [3.63, 3.8) is 0 Å². The van der Waals surface area contributed by atoms with Crippen molar-refractivity contribution in [1.82, 2.24) is 0 Å². The third-order valence-corrected chi connectivity index (χ3v) is 7.34. The number of hydrogen-bond donors (Lipinski definition) is 2. The van der Waals surface area contributed by atoms with Crippen LogP contribution in [0.4, 0.5) is 0 Å². The molecule has 2 fully saturated rings. The van der Waals surface area contributed by atoms with Gasteiger partial charge in [-0.15, -0.1) is 0 Å². The Morgan fingerprint density at radius 3 is 2.77 bits per heavy atom. The van der Waals surface area contributed by atoms with Crippen molar-refractivity contribution < 1.29 is 29.3 Å². The summed E-state index contributed by atoms with van der Waals surface area (Å²) in [5.74, 6) is -0.773. The Bertz CT molecular complexity index is 680. The Balaban J connectivity index is 1.74. The molecule has 6 atom stereocenters. The molecule has 0 aromatic carbocycles. The molecule has 6 nitrogen and oxygen atoms in total. The highest BCUT2D eigenvalue weighted by Gasteiger charge is 2.66. The van der Waals surface area contributed by atoms with Crippen LogP contribution in [-0.4, -0.2) is 46.4 Å². The van der Waals surface area contributed by atoms with Crippen LogP contribution < -0.4 is 0 Å². The van der Waals surface area contributed by atoms with Crippen molar-refractivity contribution in [3.05, 3.63) is 11.3 Å². The molecule has 1 heterocycles. The minimum atomic E-state index is -1.46. The molecule has 0 bridgehead atoms. The Labute approximate surface area is 153 Å². The number of carbonyl (C=O) groups is 2. The Morgan fingerprint density at radius 1 is 1.35 bits per heavy atom. The third kappa shape index (κ3) is 2.31. The van der Waals surface area contributed by atoms with E-state index >= 15 is 0 Å². The van der Waals surface area contributed by atoms with Gasteiger partial charge >= 0.3 is 5.97 Å². The molecular weight excluding hydrogens is 336 g/mol. The molecule has 0 unspecified atom stereocenters. The van der Waals surface area contributed by atoms with E-state index in [0.29, 0.717) is 44.3 Å². The van der Waals surface area contributed by atoms with Crippen LogP contribution >= 0.6 is 0 Å². The summed E-state index contributed by atoms with van der Waals surface area (Å²) in [5, 5.41) is 23.0. The Kier molecular flexibility index (Phi) is 4.01. The number of allylic oxidation sites excluding steroid dienone is 1. The number of fused-ring (bicyclic) bond motifs is 2. The number of Topliss-reactive ketones (excluding diaryl/α,β-unsaturated/α-hetero) is 1. The molecule has 26 heavy (non-hydrogen) atoms. The van der Waals surface area contributed by atoms with Crippen LogP contribution in [0.1, 0.15) is 52.9 Å². The second-order valence-electron chi connectivity index (χ2n) is 9.04. The summed E-state index contributed by atoms with van der Waals surface area (Å²) < 4.78 is 11.2. The van der Waals surface area contributed by atoms with Gasteiger partial charge in [-0.1, -0.05) is 13.8 Å². The van der Waals surface area contributed by atoms with Crippen LogP contribution in [0.5, 0.6) is 0 Å². The van der Waals surface area contributed by atoms with E-state index in [-0.39, 0.29) is 23.6 Å². The number of rotatable bonds is 1. The number of ether oxygens (including phenoxy) is 2. The van der Waals surface area contributed by atoms with Crippen LogP contribution in [0.15, 0.2) is 11.3 Å². The minimum absolute atomic E-state index is 0.0708. The first kappa shape index (κ1) is 18.0. The molecule has 0 radical (unpaired) electrons. The number of hydrogen-bond acceptors (Lipinski definition) is 6. The highest BCUT2D eigenvalue weighted by molar-refractivity contribution is 5.99. The lowest BCUT2D eigenvalue weighted by Gasteiger charge is -2.61. The van der Waals surface area contributed by atoms with E-state index in [9.17, 15) is 19.8 Å². The molecular formula is C20H28O6.